The first-order valence-electron chi connectivity index (χ1n) is 8.58. The van der Waals surface area contributed by atoms with Crippen molar-refractivity contribution in [1.29, 1.82) is 0 Å². The van der Waals surface area contributed by atoms with Crippen LogP contribution in [0.4, 0.5) is 0 Å². The number of fused-ring (bicyclic) bond motifs is 1. The summed E-state index contributed by atoms with van der Waals surface area (Å²) in [5.74, 6) is -1.36. The van der Waals surface area contributed by atoms with Gasteiger partial charge in [0.2, 0.25) is 0 Å². The Labute approximate surface area is 156 Å². The molecule has 1 aromatic heterocycles. The van der Waals surface area contributed by atoms with Gasteiger partial charge < -0.3 is 20.4 Å². The number of aliphatic hydroxyl groups is 2. The number of hydrogen-bond acceptors (Lipinski definition) is 5. The Balaban J connectivity index is 1.51. The van der Waals surface area contributed by atoms with Crippen LogP contribution in [0.1, 0.15) is 16.0 Å². The summed E-state index contributed by atoms with van der Waals surface area (Å²) in [6.07, 6.45) is -2.20. The zero-order valence-electron chi connectivity index (χ0n) is 14.3. The molecule has 2 heterocycles. The van der Waals surface area contributed by atoms with Crippen LogP contribution in [0.15, 0.2) is 41.8 Å². The van der Waals surface area contributed by atoms with Crippen molar-refractivity contribution in [2.45, 2.75) is 31.6 Å². The third-order valence-corrected chi connectivity index (χ3v) is 5.45. The summed E-state index contributed by atoms with van der Waals surface area (Å²) < 4.78 is 0. The van der Waals surface area contributed by atoms with E-state index in [1.165, 1.54) is 10.5 Å². The summed E-state index contributed by atoms with van der Waals surface area (Å²) in [7, 11) is 0. The summed E-state index contributed by atoms with van der Waals surface area (Å²) >= 11 is 1.58. The molecule has 0 saturated heterocycles. The van der Waals surface area contributed by atoms with Crippen molar-refractivity contribution >= 4 is 23.2 Å². The molecule has 0 aliphatic carbocycles. The SMILES string of the molecule is O=C(NCCc1cccs1)C(O)C(O)C(=O)N1CCc2ccccc2C1. The van der Waals surface area contributed by atoms with Gasteiger partial charge >= 0.3 is 0 Å². The zero-order chi connectivity index (χ0) is 18.5. The highest BCUT2D eigenvalue weighted by Crippen LogP contribution is 2.19. The highest BCUT2D eigenvalue weighted by molar-refractivity contribution is 7.09. The minimum atomic E-state index is -1.77. The number of carbonyl (C=O) groups excluding carboxylic acids is 2. The van der Waals surface area contributed by atoms with E-state index in [-0.39, 0.29) is 0 Å². The van der Waals surface area contributed by atoms with E-state index >= 15 is 0 Å². The maximum absolute atomic E-state index is 12.5. The molecule has 138 valence electrons. The molecule has 3 N–H and O–H groups in total. The highest BCUT2D eigenvalue weighted by Gasteiger charge is 2.34. The van der Waals surface area contributed by atoms with E-state index in [2.05, 4.69) is 5.32 Å². The number of benzene rings is 1. The lowest BCUT2D eigenvalue weighted by molar-refractivity contribution is -0.153. The molecule has 1 aliphatic heterocycles. The molecule has 6 nitrogen and oxygen atoms in total. The van der Waals surface area contributed by atoms with Crippen molar-refractivity contribution in [3.05, 3.63) is 57.8 Å². The number of amides is 2. The molecule has 7 heteroatoms. The van der Waals surface area contributed by atoms with E-state index in [1.807, 2.05) is 41.8 Å². The number of nitrogens with zero attached hydrogens (tertiary/aromatic N) is 1. The maximum atomic E-state index is 12.5. The first-order chi connectivity index (χ1) is 12.6. The van der Waals surface area contributed by atoms with E-state index < -0.39 is 24.0 Å². The molecule has 1 aliphatic rings. The third kappa shape index (κ3) is 4.30. The van der Waals surface area contributed by atoms with Crippen LogP contribution < -0.4 is 5.32 Å². The summed E-state index contributed by atoms with van der Waals surface area (Å²) in [6, 6.07) is 11.7. The third-order valence-electron chi connectivity index (χ3n) is 4.51. The second-order valence-electron chi connectivity index (χ2n) is 6.29. The first kappa shape index (κ1) is 18.6. The van der Waals surface area contributed by atoms with Gasteiger partial charge in [-0.1, -0.05) is 30.3 Å². The molecule has 3 rings (SSSR count). The molecule has 2 atom stereocenters. The molecule has 0 radical (unpaired) electrons. The van der Waals surface area contributed by atoms with Crippen LogP contribution in [0.25, 0.3) is 0 Å². The van der Waals surface area contributed by atoms with Crippen molar-refractivity contribution in [2.24, 2.45) is 0 Å². The first-order valence-corrected chi connectivity index (χ1v) is 9.46. The predicted molar refractivity (Wildman–Crippen MR) is 98.6 cm³/mol. The van der Waals surface area contributed by atoms with E-state index in [0.29, 0.717) is 32.5 Å². The van der Waals surface area contributed by atoms with Crippen molar-refractivity contribution in [1.82, 2.24) is 10.2 Å². The van der Waals surface area contributed by atoms with Crippen LogP contribution in [0.2, 0.25) is 0 Å². The molecule has 0 fully saturated rings. The fraction of sp³-hybridized carbons (Fsp3) is 0.368. The lowest BCUT2D eigenvalue weighted by Gasteiger charge is -2.31. The zero-order valence-corrected chi connectivity index (χ0v) is 15.1. The van der Waals surface area contributed by atoms with Gasteiger partial charge in [0, 0.05) is 24.5 Å². The molecule has 1 aromatic carbocycles. The summed E-state index contributed by atoms with van der Waals surface area (Å²) in [4.78, 5) is 27.1. The van der Waals surface area contributed by atoms with Gasteiger partial charge in [-0.25, -0.2) is 0 Å². The summed E-state index contributed by atoms with van der Waals surface area (Å²) in [5.41, 5.74) is 2.20. The van der Waals surface area contributed by atoms with E-state index in [4.69, 9.17) is 0 Å². The van der Waals surface area contributed by atoms with Gasteiger partial charge in [-0.15, -0.1) is 11.3 Å². The Hall–Kier alpha value is -2.22. The van der Waals surface area contributed by atoms with Gasteiger partial charge in [0.15, 0.2) is 12.2 Å². The Morgan fingerprint density at radius 3 is 2.62 bits per heavy atom. The molecule has 2 unspecified atom stereocenters. The monoisotopic (exact) mass is 374 g/mol. The normalized spacial score (nSPS) is 15.8. The Morgan fingerprint density at radius 1 is 1.12 bits per heavy atom. The number of carbonyl (C=O) groups is 2. The second-order valence-corrected chi connectivity index (χ2v) is 7.32. The minimum absolute atomic E-state index is 0.342. The molecule has 2 amide bonds. The lowest BCUT2D eigenvalue weighted by atomic mass is 9.99. The molecule has 26 heavy (non-hydrogen) atoms. The number of rotatable bonds is 6. The second kappa shape index (κ2) is 8.44. The fourth-order valence-corrected chi connectivity index (χ4v) is 3.73. The van der Waals surface area contributed by atoms with E-state index in [9.17, 15) is 19.8 Å². The molecule has 2 aromatic rings. The van der Waals surface area contributed by atoms with Crippen LogP contribution in [0, 0.1) is 0 Å². The van der Waals surface area contributed by atoms with Gasteiger partial charge in [-0.2, -0.15) is 0 Å². The van der Waals surface area contributed by atoms with Crippen LogP contribution in [-0.2, 0) is 29.0 Å². The number of hydrogen-bond donors (Lipinski definition) is 3. The largest absolute Gasteiger partial charge is 0.380 e. The van der Waals surface area contributed by atoms with E-state index in [1.54, 1.807) is 11.3 Å². The number of aliphatic hydroxyl groups excluding tert-OH is 2. The highest BCUT2D eigenvalue weighted by atomic mass is 32.1. The topological polar surface area (TPSA) is 89.9 Å². The minimum Gasteiger partial charge on any atom is -0.380 e. The summed E-state index contributed by atoms with van der Waals surface area (Å²) in [6.45, 7) is 1.17. The maximum Gasteiger partial charge on any atom is 0.255 e. The van der Waals surface area contributed by atoms with Gasteiger partial charge in [0.25, 0.3) is 11.8 Å². The lowest BCUT2D eigenvalue weighted by Crippen LogP contribution is -2.51. The molecule has 0 bridgehead atoms. The number of nitrogens with one attached hydrogen (secondary N) is 1. The van der Waals surface area contributed by atoms with Gasteiger partial charge in [-0.3, -0.25) is 9.59 Å². The van der Waals surface area contributed by atoms with Crippen LogP contribution in [0.3, 0.4) is 0 Å². The van der Waals surface area contributed by atoms with Crippen molar-refractivity contribution in [2.75, 3.05) is 13.1 Å². The van der Waals surface area contributed by atoms with Crippen molar-refractivity contribution in [3.63, 3.8) is 0 Å². The average Bonchev–Trinajstić information content (AvgIpc) is 3.19. The smallest absolute Gasteiger partial charge is 0.255 e. The van der Waals surface area contributed by atoms with Crippen LogP contribution in [0.5, 0.6) is 0 Å². The van der Waals surface area contributed by atoms with Crippen LogP contribution >= 0.6 is 11.3 Å². The average molecular weight is 374 g/mol. The Morgan fingerprint density at radius 2 is 1.88 bits per heavy atom. The van der Waals surface area contributed by atoms with Crippen LogP contribution in [-0.4, -0.2) is 52.2 Å². The molecule has 0 spiro atoms. The van der Waals surface area contributed by atoms with Crippen molar-refractivity contribution in [3.8, 4) is 0 Å². The molecular weight excluding hydrogens is 352 g/mol. The molecular formula is C19H22N2O4S. The van der Waals surface area contributed by atoms with Crippen molar-refractivity contribution < 1.29 is 19.8 Å². The molecule has 0 saturated carbocycles. The van der Waals surface area contributed by atoms with E-state index in [0.717, 1.165) is 10.4 Å². The predicted octanol–water partition coefficient (Wildman–Crippen LogP) is 0.713. The van der Waals surface area contributed by atoms with Gasteiger partial charge in [0.1, 0.15) is 0 Å². The van der Waals surface area contributed by atoms with Gasteiger partial charge in [0.05, 0.1) is 0 Å². The Kier molecular flexibility index (Phi) is 6.03. The number of thiophene rings is 1. The standard InChI is InChI=1S/C19H22N2O4S/c22-16(18(24)20-9-7-15-6-3-11-26-15)17(23)19(25)21-10-8-13-4-1-2-5-14(13)12-21/h1-6,11,16-17,22-23H,7-10,12H2,(H,20,24). The Bertz CT molecular complexity index is 763. The summed E-state index contributed by atoms with van der Waals surface area (Å²) in [5, 5.41) is 24.7. The van der Waals surface area contributed by atoms with Gasteiger partial charge in [-0.05, 0) is 35.4 Å². The fourth-order valence-electron chi connectivity index (χ4n) is 3.02. The quantitative estimate of drug-likeness (QED) is 0.695.